The Bertz CT molecular complexity index is 655. The molecule has 2 aromatic rings. The van der Waals surface area contributed by atoms with Gasteiger partial charge in [0.15, 0.2) is 5.11 Å². The van der Waals surface area contributed by atoms with E-state index in [1.54, 1.807) is 12.3 Å². The lowest BCUT2D eigenvalue weighted by atomic mass is 10.0. The number of hydrogen-bond acceptors (Lipinski definition) is 3. The second kappa shape index (κ2) is 7.59. The molecule has 0 radical (unpaired) electrons. The number of phenolic OH excluding ortho intramolecular Hbond substituents is 1. The highest BCUT2D eigenvalue weighted by atomic mass is 32.1. The zero-order chi connectivity index (χ0) is 15.1. The first-order chi connectivity index (χ1) is 10.2. The molecule has 0 aromatic heterocycles. The maximum absolute atomic E-state index is 9.98. The van der Waals surface area contributed by atoms with Crippen LogP contribution < -0.4 is 10.7 Å². The summed E-state index contributed by atoms with van der Waals surface area (Å²) in [6.07, 6.45) is 3.77. The van der Waals surface area contributed by atoms with Crippen molar-refractivity contribution < 1.29 is 5.11 Å². The summed E-state index contributed by atoms with van der Waals surface area (Å²) in [6, 6.07) is 11.4. The molecular weight excluding hydrogens is 282 g/mol. The summed E-state index contributed by atoms with van der Waals surface area (Å²) < 4.78 is 0. The maximum Gasteiger partial charge on any atom is 0.186 e. The van der Waals surface area contributed by atoms with E-state index in [0.717, 1.165) is 30.2 Å². The second-order valence-electron chi connectivity index (χ2n) is 4.70. The summed E-state index contributed by atoms with van der Waals surface area (Å²) in [5.74, 6) is 0.198. The first kappa shape index (κ1) is 15.3. The third kappa shape index (κ3) is 4.16. The number of thiocarbonyl (C=S) groups is 1. The number of rotatable bonds is 5. The van der Waals surface area contributed by atoms with E-state index >= 15 is 0 Å². The van der Waals surface area contributed by atoms with Gasteiger partial charge in [-0.05, 0) is 35.5 Å². The number of phenols is 1. The van der Waals surface area contributed by atoms with Crippen LogP contribution >= 0.6 is 12.2 Å². The van der Waals surface area contributed by atoms with Crippen molar-refractivity contribution in [3.8, 4) is 5.75 Å². The Balaban J connectivity index is 2.07. The van der Waals surface area contributed by atoms with Crippen LogP contribution in [0, 0.1) is 0 Å². The van der Waals surface area contributed by atoms with Gasteiger partial charge in [0.1, 0.15) is 5.75 Å². The zero-order valence-electron chi connectivity index (χ0n) is 12.0. The van der Waals surface area contributed by atoms with Crippen LogP contribution in [0.2, 0.25) is 0 Å². The molecule has 2 aromatic carbocycles. The Hall–Kier alpha value is -2.14. The van der Waals surface area contributed by atoms with Gasteiger partial charge >= 0.3 is 0 Å². The van der Waals surface area contributed by atoms with Gasteiger partial charge in [0, 0.05) is 12.1 Å². The number of fused-ring (bicyclic) bond motifs is 1. The molecule has 0 amide bonds. The van der Waals surface area contributed by atoms with E-state index in [-0.39, 0.29) is 5.75 Å². The topological polar surface area (TPSA) is 56.7 Å². The number of unbranched alkanes of at least 4 members (excludes halogenated alkanes) is 1. The molecule has 0 fully saturated rings. The number of nitrogens with zero attached hydrogens (tertiary/aromatic N) is 1. The molecule has 0 spiro atoms. The number of benzene rings is 2. The largest absolute Gasteiger partial charge is 0.507 e. The molecule has 0 aliphatic carbocycles. The van der Waals surface area contributed by atoms with Crippen molar-refractivity contribution in [1.82, 2.24) is 10.7 Å². The monoisotopic (exact) mass is 301 g/mol. The summed E-state index contributed by atoms with van der Waals surface area (Å²) in [6.45, 7) is 2.96. The minimum Gasteiger partial charge on any atom is -0.507 e. The van der Waals surface area contributed by atoms with Crippen molar-refractivity contribution in [2.45, 2.75) is 19.8 Å². The summed E-state index contributed by atoms with van der Waals surface area (Å²) >= 11 is 5.11. The van der Waals surface area contributed by atoms with Crippen LogP contribution in [0.4, 0.5) is 0 Å². The highest BCUT2D eigenvalue weighted by Gasteiger charge is 2.04. The first-order valence-electron chi connectivity index (χ1n) is 7.00. The second-order valence-corrected chi connectivity index (χ2v) is 5.11. The minimum atomic E-state index is 0.198. The van der Waals surface area contributed by atoms with E-state index in [0.29, 0.717) is 10.7 Å². The molecule has 0 saturated carbocycles. The van der Waals surface area contributed by atoms with Crippen LogP contribution in [0.5, 0.6) is 5.75 Å². The van der Waals surface area contributed by atoms with Gasteiger partial charge in [-0.25, -0.2) is 0 Å². The van der Waals surface area contributed by atoms with Crippen molar-refractivity contribution in [2.24, 2.45) is 5.10 Å². The van der Waals surface area contributed by atoms with Gasteiger partial charge in [-0.15, -0.1) is 0 Å². The van der Waals surface area contributed by atoms with Crippen molar-refractivity contribution in [2.75, 3.05) is 6.54 Å². The van der Waals surface area contributed by atoms with E-state index in [2.05, 4.69) is 22.8 Å². The normalized spacial score (nSPS) is 10.9. The molecule has 0 saturated heterocycles. The fraction of sp³-hybridized carbons (Fsp3) is 0.250. The van der Waals surface area contributed by atoms with Gasteiger partial charge in [0.05, 0.1) is 6.21 Å². The fourth-order valence-electron chi connectivity index (χ4n) is 1.99. The molecule has 110 valence electrons. The number of hydrogen-bond donors (Lipinski definition) is 3. The van der Waals surface area contributed by atoms with Crippen LogP contribution in [0.15, 0.2) is 41.5 Å². The van der Waals surface area contributed by atoms with Crippen molar-refractivity contribution in [1.29, 1.82) is 0 Å². The molecule has 0 bridgehead atoms. The lowest BCUT2D eigenvalue weighted by Gasteiger charge is -2.07. The Morgan fingerprint density at radius 3 is 2.90 bits per heavy atom. The predicted molar refractivity (Wildman–Crippen MR) is 91.9 cm³/mol. The maximum atomic E-state index is 9.98. The Kier molecular flexibility index (Phi) is 5.51. The molecule has 0 atom stereocenters. The smallest absolute Gasteiger partial charge is 0.186 e. The van der Waals surface area contributed by atoms with E-state index < -0.39 is 0 Å². The average Bonchev–Trinajstić information content (AvgIpc) is 2.50. The number of hydrazone groups is 1. The Morgan fingerprint density at radius 1 is 1.29 bits per heavy atom. The summed E-state index contributed by atoms with van der Waals surface area (Å²) in [4.78, 5) is 0. The minimum absolute atomic E-state index is 0.198. The summed E-state index contributed by atoms with van der Waals surface area (Å²) in [5, 5.41) is 19.6. The van der Waals surface area contributed by atoms with Gasteiger partial charge in [0.25, 0.3) is 0 Å². The van der Waals surface area contributed by atoms with Crippen LogP contribution in [-0.2, 0) is 0 Å². The van der Waals surface area contributed by atoms with Crippen LogP contribution in [0.25, 0.3) is 10.8 Å². The van der Waals surface area contributed by atoms with Crippen molar-refractivity contribution >= 4 is 34.3 Å². The molecule has 5 heteroatoms. The van der Waals surface area contributed by atoms with E-state index in [1.807, 2.05) is 30.3 Å². The lowest BCUT2D eigenvalue weighted by Crippen LogP contribution is -2.32. The van der Waals surface area contributed by atoms with Gasteiger partial charge in [-0.2, -0.15) is 5.10 Å². The highest BCUT2D eigenvalue weighted by molar-refractivity contribution is 7.80. The molecule has 2 rings (SSSR count). The van der Waals surface area contributed by atoms with Gasteiger partial charge in [-0.1, -0.05) is 43.7 Å². The van der Waals surface area contributed by atoms with Gasteiger partial charge < -0.3 is 10.4 Å². The quantitative estimate of drug-likeness (QED) is 0.344. The standard InChI is InChI=1S/C16H19N3OS/c1-2-3-10-17-16(21)19-18-11-14-13-7-5-4-6-12(13)8-9-15(14)20/h4-9,11,20H,2-3,10H2,1H3,(H2,17,19,21). The molecule has 0 heterocycles. The fourth-order valence-corrected chi connectivity index (χ4v) is 2.15. The molecule has 21 heavy (non-hydrogen) atoms. The molecule has 3 N–H and O–H groups in total. The van der Waals surface area contributed by atoms with Gasteiger partial charge in [-0.3, -0.25) is 5.43 Å². The van der Waals surface area contributed by atoms with Gasteiger partial charge in [0.2, 0.25) is 0 Å². The van der Waals surface area contributed by atoms with E-state index in [1.165, 1.54) is 0 Å². The highest BCUT2D eigenvalue weighted by Crippen LogP contribution is 2.25. The Labute approximate surface area is 129 Å². The average molecular weight is 301 g/mol. The summed E-state index contributed by atoms with van der Waals surface area (Å²) in [7, 11) is 0. The summed E-state index contributed by atoms with van der Waals surface area (Å²) in [5.41, 5.74) is 3.44. The van der Waals surface area contributed by atoms with Crippen molar-refractivity contribution in [3.05, 3.63) is 42.0 Å². The molecule has 4 nitrogen and oxygen atoms in total. The van der Waals surface area contributed by atoms with Crippen LogP contribution in [0.3, 0.4) is 0 Å². The zero-order valence-corrected chi connectivity index (χ0v) is 12.8. The van der Waals surface area contributed by atoms with Crippen LogP contribution in [-0.4, -0.2) is 23.0 Å². The van der Waals surface area contributed by atoms with Crippen LogP contribution in [0.1, 0.15) is 25.3 Å². The molecule has 0 aliphatic heterocycles. The Morgan fingerprint density at radius 2 is 2.10 bits per heavy atom. The third-order valence-corrected chi connectivity index (χ3v) is 3.36. The number of nitrogens with one attached hydrogen (secondary N) is 2. The number of aromatic hydroxyl groups is 1. The molecular formula is C16H19N3OS. The molecule has 0 aliphatic rings. The van der Waals surface area contributed by atoms with Crippen molar-refractivity contribution in [3.63, 3.8) is 0 Å². The van der Waals surface area contributed by atoms with E-state index in [4.69, 9.17) is 12.2 Å². The third-order valence-electron chi connectivity index (χ3n) is 3.12. The molecule has 0 unspecified atom stereocenters. The van der Waals surface area contributed by atoms with E-state index in [9.17, 15) is 5.11 Å². The lowest BCUT2D eigenvalue weighted by molar-refractivity contribution is 0.475. The first-order valence-corrected chi connectivity index (χ1v) is 7.41. The predicted octanol–water partition coefficient (Wildman–Crippen LogP) is 3.14. The SMILES string of the molecule is CCCCNC(=S)NN=Cc1c(O)ccc2ccccc12.